The average Bonchev–Trinajstić information content (AvgIpc) is 2.16. The standard InChI is InChI=1S/C12H14BrFO/c1-3-9(8(2)15)6-10-4-5-11(14)7-12(10)13/h4-5,7,9H,3,6H2,1-2H3. The maximum Gasteiger partial charge on any atom is 0.133 e. The number of benzene rings is 1. The largest absolute Gasteiger partial charge is 0.300 e. The summed E-state index contributed by atoms with van der Waals surface area (Å²) in [6.45, 7) is 3.59. The molecule has 0 saturated carbocycles. The zero-order chi connectivity index (χ0) is 11.4. The highest BCUT2D eigenvalue weighted by Crippen LogP contribution is 2.22. The molecule has 0 fully saturated rings. The Hall–Kier alpha value is -0.700. The molecular formula is C12H14BrFO. The van der Waals surface area contributed by atoms with Gasteiger partial charge in [0.1, 0.15) is 11.6 Å². The zero-order valence-electron chi connectivity index (χ0n) is 8.89. The summed E-state index contributed by atoms with van der Waals surface area (Å²) in [5, 5.41) is 0. The minimum atomic E-state index is -0.263. The number of halogens is 2. The molecule has 0 aliphatic carbocycles. The topological polar surface area (TPSA) is 17.1 Å². The minimum Gasteiger partial charge on any atom is -0.300 e. The third kappa shape index (κ3) is 3.42. The van der Waals surface area contributed by atoms with E-state index in [9.17, 15) is 9.18 Å². The Morgan fingerprint density at radius 3 is 2.67 bits per heavy atom. The molecular weight excluding hydrogens is 259 g/mol. The van der Waals surface area contributed by atoms with E-state index in [0.29, 0.717) is 6.42 Å². The third-order valence-electron chi connectivity index (χ3n) is 2.55. The summed E-state index contributed by atoms with van der Waals surface area (Å²) >= 11 is 3.30. The van der Waals surface area contributed by atoms with E-state index in [0.717, 1.165) is 16.5 Å². The molecule has 0 amide bonds. The summed E-state index contributed by atoms with van der Waals surface area (Å²) in [7, 11) is 0. The lowest BCUT2D eigenvalue weighted by molar-refractivity contribution is -0.120. The van der Waals surface area contributed by atoms with Crippen molar-refractivity contribution >= 4 is 21.7 Å². The van der Waals surface area contributed by atoms with Gasteiger partial charge in [-0.2, -0.15) is 0 Å². The number of ketones is 1. The molecule has 1 aromatic rings. The number of carbonyl (C=O) groups excluding carboxylic acids is 1. The second-order valence-corrected chi connectivity index (χ2v) is 4.51. The first-order chi connectivity index (χ1) is 7.04. The molecule has 0 aliphatic rings. The van der Waals surface area contributed by atoms with Crippen LogP contribution in [0, 0.1) is 11.7 Å². The molecule has 0 radical (unpaired) electrons. The second-order valence-electron chi connectivity index (χ2n) is 3.66. The van der Waals surface area contributed by atoms with E-state index in [-0.39, 0.29) is 17.5 Å². The number of hydrogen-bond acceptors (Lipinski definition) is 1. The van der Waals surface area contributed by atoms with Crippen LogP contribution < -0.4 is 0 Å². The molecule has 3 heteroatoms. The van der Waals surface area contributed by atoms with Crippen LogP contribution in [0.4, 0.5) is 4.39 Å². The van der Waals surface area contributed by atoms with Crippen molar-refractivity contribution in [1.29, 1.82) is 0 Å². The van der Waals surface area contributed by atoms with Gasteiger partial charge in [-0.15, -0.1) is 0 Å². The van der Waals surface area contributed by atoms with Crippen molar-refractivity contribution < 1.29 is 9.18 Å². The fourth-order valence-electron chi connectivity index (χ4n) is 1.53. The molecule has 0 spiro atoms. The minimum absolute atomic E-state index is 0.0340. The molecule has 82 valence electrons. The molecule has 0 aromatic heterocycles. The number of hydrogen-bond donors (Lipinski definition) is 0. The Kier molecular flexibility index (Phi) is 4.45. The lowest BCUT2D eigenvalue weighted by atomic mass is 9.94. The van der Waals surface area contributed by atoms with E-state index < -0.39 is 0 Å². The Morgan fingerprint density at radius 1 is 1.53 bits per heavy atom. The highest BCUT2D eigenvalue weighted by molar-refractivity contribution is 9.10. The van der Waals surface area contributed by atoms with Crippen molar-refractivity contribution in [3.63, 3.8) is 0 Å². The van der Waals surface area contributed by atoms with Crippen LogP contribution >= 0.6 is 15.9 Å². The van der Waals surface area contributed by atoms with Crippen molar-refractivity contribution in [3.8, 4) is 0 Å². The Balaban J connectivity index is 2.84. The van der Waals surface area contributed by atoms with Crippen molar-refractivity contribution in [2.45, 2.75) is 26.7 Å². The fraction of sp³-hybridized carbons (Fsp3) is 0.417. The van der Waals surface area contributed by atoms with Crippen molar-refractivity contribution in [3.05, 3.63) is 34.1 Å². The van der Waals surface area contributed by atoms with Gasteiger partial charge in [-0.1, -0.05) is 28.9 Å². The van der Waals surface area contributed by atoms with Gasteiger partial charge in [0.05, 0.1) is 0 Å². The maximum atomic E-state index is 12.8. The third-order valence-corrected chi connectivity index (χ3v) is 3.29. The van der Waals surface area contributed by atoms with Crippen LogP contribution in [0.5, 0.6) is 0 Å². The van der Waals surface area contributed by atoms with E-state index in [2.05, 4.69) is 15.9 Å². The molecule has 0 bridgehead atoms. The predicted octanol–water partition coefficient (Wildman–Crippen LogP) is 3.75. The quantitative estimate of drug-likeness (QED) is 0.816. The summed E-state index contributed by atoms with van der Waals surface area (Å²) in [5.74, 6) is -0.0398. The number of rotatable bonds is 4. The Morgan fingerprint density at radius 2 is 2.20 bits per heavy atom. The first kappa shape index (κ1) is 12.4. The molecule has 1 nitrogen and oxygen atoms in total. The Bertz CT molecular complexity index is 363. The molecule has 0 aliphatic heterocycles. The lowest BCUT2D eigenvalue weighted by Gasteiger charge is -2.12. The summed E-state index contributed by atoms with van der Waals surface area (Å²) in [6, 6.07) is 4.58. The highest BCUT2D eigenvalue weighted by atomic mass is 79.9. The van der Waals surface area contributed by atoms with Crippen LogP contribution in [0.2, 0.25) is 0 Å². The second kappa shape index (κ2) is 5.40. The van der Waals surface area contributed by atoms with Gasteiger partial charge in [-0.3, -0.25) is 4.79 Å². The first-order valence-corrected chi connectivity index (χ1v) is 5.78. The fourth-order valence-corrected chi connectivity index (χ4v) is 2.04. The number of carbonyl (C=O) groups is 1. The lowest BCUT2D eigenvalue weighted by Crippen LogP contribution is -2.13. The summed E-state index contributed by atoms with van der Waals surface area (Å²) in [4.78, 5) is 11.3. The van der Waals surface area contributed by atoms with Gasteiger partial charge < -0.3 is 0 Å². The molecule has 0 heterocycles. The molecule has 0 N–H and O–H groups in total. The molecule has 15 heavy (non-hydrogen) atoms. The average molecular weight is 273 g/mol. The van der Waals surface area contributed by atoms with E-state index >= 15 is 0 Å². The van der Waals surface area contributed by atoms with Gasteiger partial charge in [0, 0.05) is 10.4 Å². The zero-order valence-corrected chi connectivity index (χ0v) is 10.5. The summed E-state index contributed by atoms with van der Waals surface area (Å²) in [6.07, 6.45) is 1.49. The van der Waals surface area contributed by atoms with Crippen LogP contribution in [0.15, 0.2) is 22.7 Å². The number of Topliss-reactive ketones (excluding diaryl/α,β-unsaturated/α-hetero) is 1. The SMILES string of the molecule is CCC(Cc1ccc(F)cc1Br)C(C)=O. The smallest absolute Gasteiger partial charge is 0.133 e. The first-order valence-electron chi connectivity index (χ1n) is 4.99. The Labute approximate surface area is 97.8 Å². The van der Waals surface area contributed by atoms with Gasteiger partial charge in [-0.05, 0) is 37.5 Å². The van der Waals surface area contributed by atoms with Crippen molar-refractivity contribution in [1.82, 2.24) is 0 Å². The van der Waals surface area contributed by atoms with Crippen molar-refractivity contribution in [2.24, 2.45) is 5.92 Å². The van der Waals surface area contributed by atoms with Gasteiger partial charge in [-0.25, -0.2) is 4.39 Å². The predicted molar refractivity (Wildman–Crippen MR) is 62.3 cm³/mol. The summed E-state index contributed by atoms with van der Waals surface area (Å²) in [5.41, 5.74) is 0.985. The van der Waals surface area contributed by atoms with Crippen LogP contribution in [0.1, 0.15) is 25.8 Å². The van der Waals surface area contributed by atoms with E-state index in [4.69, 9.17) is 0 Å². The van der Waals surface area contributed by atoms with Crippen LogP contribution in [0.3, 0.4) is 0 Å². The van der Waals surface area contributed by atoms with E-state index in [1.807, 2.05) is 6.92 Å². The van der Waals surface area contributed by atoms with Crippen LogP contribution in [0.25, 0.3) is 0 Å². The van der Waals surface area contributed by atoms with E-state index in [1.54, 1.807) is 13.0 Å². The summed E-state index contributed by atoms with van der Waals surface area (Å²) < 4.78 is 13.6. The normalized spacial score (nSPS) is 12.5. The van der Waals surface area contributed by atoms with Gasteiger partial charge >= 0.3 is 0 Å². The maximum absolute atomic E-state index is 12.8. The van der Waals surface area contributed by atoms with Crippen LogP contribution in [-0.2, 0) is 11.2 Å². The van der Waals surface area contributed by atoms with Gasteiger partial charge in [0.2, 0.25) is 0 Å². The van der Waals surface area contributed by atoms with Crippen LogP contribution in [-0.4, -0.2) is 5.78 Å². The van der Waals surface area contributed by atoms with E-state index in [1.165, 1.54) is 12.1 Å². The molecule has 1 unspecified atom stereocenters. The highest BCUT2D eigenvalue weighted by Gasteiger charge is 2.14. The van der Waals surface area contributed by atoms with Gasteiger partial charge in [0.15, 0.2) is 0 Å². The molecule has 1 atom stereocenters. The molecule has 1 aromatic carbocycles. The monoisotopic (exact) mass is 272 g/mol. The molecule has 1 rings (SSSR count). The van der Waals surface area contributed by atoms with Gasteiger partial charge in [0.25, 0.3) is 0 Å². The van der Waals surface area contributed by atoms with Crippen molar-refractivity contribution in [2.75, 3.05) is 0 Å². The molecule has 0 saturated heterocycles.